The molecule has 20 heavy (non-hydrogen) atoms. The lowest BCUT2D eigenvalue weighted by Gasteiger charge is -2.00. The number of methoxy groups -OCH3 is 2. The Kier molecular flexibility index (Phi) is 5.52. The maximum Gasteiger partial charge on any atom is 0.124 e. The molecule has 1 heterocycles. The van der Waals surface area contributed by atoms with Gasteiger partial charge in [0, 0.05) is 24.1 Å². The van der Waals surface area contributed by atoms with E-state index in [0.717, 1.165) is 35.1 Å². The second kappa shape index (κ2) is 7.38. The summed E-state index contributed by atoms with van der Waals surface area (Å²) < 4.78 is 10.4. The zero-order chi connectivity index (χ0) is 14.4. The third-order valence-corrected chi connectivity index (χ3v) is 4.08. The Morgan fingerprint density at radius 2 is 1.95 bits per heavy atom. The number of benzene rings is 1. The summed E-state index contributed by atoms with van der Waals surface area (Å²) in [4.78, 5) is 5.93. The summed E-state index contributed by atoms with van der Waals surface area (Å²) in [5.74, 6) is 0.857. The maximum atomic E-state index is 5.23. The van der Waals surface area contributed by atoms with E-state index in [1.165, 1.54) is 4.88 Å². The van der Waals surface area contributed by atoms with Crippen LogP contribution in [0.25, 0.3) is 10.6 Å². The van der Waals surface area contributed by atoms with Gasteiger partial charge in [-0.1, -0.05) is 6.92 Å². The Labute approximate surface area is 123 Å². The van der Waals surface area contributed by atoms with E-state index >= 15 is 0 Å². The molecule has 0 atom stereocenters. The van der Waals surface area contributed by atoms with Crippen molar-refractivity contribution in [3.05, 3.63) is 34.8 Å². The van der Waals surface area contributed by atoms with Gasteiger partial charge in [-0.3, -0.25) is 0 Å². The van der Waals surface area contributed by atoms with Gasteiger partial charge in [0.15, 0.2) is 0 Å². The van der Waals surface area contributed by atoms with Gasteiger partial charge in [0.25, 0.3) is 0 Å². The molecule has 0 saturated heterocycles. The SMILES string of the molecule is CCNCc1sc(-c2ccc(OC)cc2)nc1COC. The van der Waals surface area contributed by atoms with Crippen LogP contribution in [-0.4, -0.2) is 25.7 Å². The Morgan fingerprint density at radius 3 is 2.55 bits per heavy atom. The van der Waals surface area contributed by atoms with E-state index < -0.39 is 0 Å². The number of rotatable bonds is 7. The number of aromatic nitrogens is 1. The lowest BCUT2D eigenvalue weighted by Crippen LogP contribution is -2.12. The topological polar surface area (TPSA) is 43.4 Å². The number of nitrogens with zero attached hydrogens (tertiary/aromatic N) is 1. The van der Waals surface area contributed by atoms with Crippen LogP contribution in [0.2, 0.25) is 0 Å². The third kappa shape index (κ3) is 3.56. The normalized spacial score (nSPS) is 10.8. The fraction of sp³-hybridized carbons (Fsp3) is 0.400. The summed E-state index contributed by atoms with van der Waals surface area (Å²) >= 11 is 1.71. The molecule has 2 aromatic rings. The van der Waals surface area contributed by atoms with Gasteiger partial charge in [0.1, 0.15) is 10.8 Å². The number of ether oxygens (including phenoxy) is 2. The van der Waals surface area contributed by atoms with E-state index in [1.54, 1.807) is 25.6 Å². The summed E-state index contributed by atoms with van der Waals surface area (Å²) in [5.41, 5.74) is 2.13. The number of nitrogens with one attached hydrogen (secondary N) is 1. The molecule has 0 bridgehead atoms. The van der Waals surface area contributed by atoms with Crippen molar-refractivity contribution < 1.29 is 9.47 Å². The molecular formula is C15H20N2O2S. The summed E-state index contributed by atoms with van der Waals surface area (Å²) in [5, 5.41) is 4.36. The smallest absolute Gasteiger partial charge is 0.124 e. The average molecular weight is 292 g/mol. The predicted octanol–water partition coefficient (Wildman–Crippen LogP) is 3.07. The van der Waals surface area contributed by atoms with Gasteiger partial charge in [0.2, 0.25) is 0 Å². The van der Waals surface area contributed by atoms with Crippen molar-refractivity contribution in [1.82, 2.24) is 10.3 Å². The molecule has 1 aromatic heterocycles. The van der Waals surface area contributed by atoms with Crippen molar-refractivity contribution in [2.45, 2.75) is 20.1 Å². The molecule has 4 nitrogen and oxygen atoms in total. The molecule has 5 heteroatoms. The van der Waals surface area contributed by atoms with Crippen molar-refractivity contribution in [3.63, 3.8) is 0 Å². The van der Waals surface area contributed by atoms with E-state index in [-0.39, 0.29) is 0 Å². The first-order valence-electron chi connectivity index (χ1n) is 6.61. The molecule has 0 fully saturated rings. The average Bonchev–Trinajstić information content (AvgIpc) is 2.89. The quantitative estimate of drug-likeness (QED) is 0.851. The minimum Gasteiger partial charge on any atom is -0.497 e. The number of hydrogen-bond acceptors (Lipinski definition) is 5. The van der Waals surface area contributed by atoms with Crippen molar-refractivity contribution in [2.24, 2.45) is 0 Å². The van der Waals surface area contributed by atoms with Crippen molar-refractivity contribution >= 4 is 11.3 Å². The first kappa shape index (κ1) is 15.0. The van der Waals surface area contributed by atoms with Crippen LogP contribution in [0, 0.1) is 0 Å². The standard InChI is InChI=1S/C15H20N2O2S/c1-4-16-9-14-13(10-18-2)17-15(20-14)11-5-7-12(19-3)8-6-11/h5-8,16H,4,9-10H2,1-3H3. The van der Waals surface area contributed by atoms with E-state index in [1.807, 2.05) is 24.3 Å². The lowest BCUT2D eigenvalue weighted by atomic mass is 10.2. The highest BCUT2D eigenvalue weighted by Gasteiger charge is 2.12. The Balaban J connectivity index is 2.25. The van der Waals surface area contributed by atoms with E-state index in [0.29, 0.717) is 6.61 Å². The van der Waals surface area contributed by atoms with E-state index in [2.05, 4.69) is 12.2 Å². The van der Waals surface area contributed by atoms with Gasteiger partial charge in [-0.05, 0) is 30.8 Å². The molecule has 0 aliphatic rings. The fourth-order valence-corrected chi connectivity index (χ4v) is 2.91. The molecule has 0 radical (unpaired) electrons. The maximum absolute atomic E-state index is 5.23. The van der Waals surface area contributed by atoms with E-state index in [9.17, 15) is 0 Å². The second-order valence-electron chi connectivity index (χ2n) is 4.33. The van der Waals surface area contributed by atoms with Gasteiger partial charge in [-0.25, -0.2) is 4.98 Å². The largest absolute Gasteiger partial charge is 0.497 e. The van der Waals surface area contributed by atoms with Crippen molar-refractivity contribution in [2.75, 3.05) is 20.8 Å². The second-order valence-corrected chi connectivity index (χ2v) is 5.41. The van der Waals surface area contributed by atoms with Gasteiger partial charge in [-0.2, -0.15) is 0 Å². The van der Waals surface area contributed by atoms with Crippen LogP contribution >= 0.6 is 11.3 Å². The minimum atomic E-state index is 0.549. The summed E-state index contributed by atoms with van der Waals surface area (Å²) in [7, 11) is 3.37. The molecule has 0 unspecified atom stereocenters. The van der Waals surface area contributed by atoms with Crippen LogP contribution in [0.4, 0.5) is 0 Å². The van der Waals surface area contributed by atoms with Gasteiger partial charge in [-0.15, -0.1) is 11.3 Å². The zero-order valence-corrected chi connectivity index (χ0v) is 12.9. The van der Waals surface area contributed by atoms with Gasteiger partial charge < -0.3 is 14.8 Å². The summed E-state index contributed by atoms with van der Waals surface area (Å²) in [6.45, 7) is 4.43. The first-order chi connectivity index (χ1) is 9.78. The van der Waals surface area contributed by atoms with Crippen LogP contribution in [-0.2, 0) is 17.9 Å². The van der Waals surface area contributed by atoms with Crippen LogP contribution in [0.1, 0.15) is 17.5 Å². The predicted molar refractivity (Wildman–Crippen MR) is 82.2 cm³/mol. The molecule has 0 aliphatic heterocycles. The van der Waals surface area contributed by atoms with Crippen molar-refractivity contribution in [3.8, 4) is 16.3 Å². The molecule has 2 rings (SSSR count). The van der Waals surface area contributed by atoms with Crippen LogP contribution in [0.3, 0.4) is 0 Å². The molecule has 108 valence electrons. The van der Waals surface area contributed by atoms with Gasteiger partial charge >= 0.3 is 0 Å². The zero-order valence-electron chi connectivity index (χ0n) is 12.1. The molecule has 1 N–H and O–H groups in total. The monoisotopic (exact) mass is 292 g/mol. The van der Waals surface area contributed by atoms with Crippen LogP contribution in [0.15, 0.2) is 24.3 Å². The Morgan fingerprint density at radius 1 is 1.20 bits per heavy atom. The Hall–Kier alpha value is -1.43. The molecule has 1 aromatic carbocycles. The molecule has 0 aliphatic carbocycles. The van der Waals surface area contributed by atoms with Crippen LogP contribution in [0.5, 0.6) is 5.75 Å². The Bertz CT molecular complexity index is 537. The fourth-order valence-electron chi connectivity index (χ4n) is 1.87. The highest BCUT2D eigenvalue weighted by atomic mass is 32.1. The lowest BCUT2D eigenvalue weighted by molar-refractivity contribution is 0.181. The first-order valence-corrected chi connectivity index (χ1v) is 7.42. The minimum absolute atomic E-state index is 0.549. The van der Waals surface area contributed by atoms with Crippen molar-refractivity contribution in [1.29, 1.82) is 0 Å². The number of thiazole rings is 1. The summed E-state index contributed by atoms with van der Waals surface area (Å²) in [6, 6.07) is 7.98. The molecular weight excluding hydrogens is 272 g/mol. The summed E-state index contributed by atoms with van der Waals surface area (Å²) in [6.07, 6.45) is 0. The number of hydrogen-bond donors (Lipinski definition) is 1. The highest BCUT2D eigenvalue weighted by Crippen LogP contribution is 2.29. The van der Waals surface area contributed by atoms with Crippen LogP contribution < -0.4 is 10.1 Å². The van der Waals surface area contributed by atoms with Gasteiger partial charge in [0.05, 0.1) is 19.4 Å². The van der Waals surface area contributed by atoms with E-state index in [4.69, 9.17) is 14.5 Å². The third-order valence-electron chi connectivity index (χ3n) is 2.93. The highest BCUT2D eigenvalue weighted by molar-refractivity contribution is 7.15. The molecule has 0 amide bonds. The molecule has 0 spiro atoms. The molecule has 0 saturated carbocycles.